The van der Waals surface area contributed by atoms with Crippen molar-refractivity contribution >= 4 is 28.5 Å². The molecule has 0 saturated heterocycles. The number of pyridine rings is 1. The average molecular weight is 395 g/mol. The molecule has 1 amide bonds. The fourth-order valence-corrected chi connectivity index (χ4v) is 3.18. The number of rotatable bonds is 5. The van der Waals surface area contributed by atoms with Crippen molar-refractivity contribution < 1.29 is 4.79 Å². The highest BCUT2D eigenvalue weighted by atomic mass is 35.5. The number of halogens is 1. The molecule has 0 saturated carbocycles. The first-order valence-corrected chi connectivity index (χ1v) is 9.21. The average Bonchev–Trinajstić information content (AvgIpc) is 3.30. The van der Waals surface area contributed by atoms with Gasteiger partial charge in [-0.3, -0.25) is 4.79 Å². The molecule has 8 heteroatoms. The van der Waals surface area contributed by atoms with Crippen molar-refractivity contribution in [3.8, 4) is 5.69 Å². The third-order valence-corrected chi connectivity index (χ3v) is 4.82. The minimum absolute atomic E-state index is 0.101. The molecule has 142 valence electrons. The predicted molar refractivity (Wildman–Crippen MR) is 107 cm³/mol. The van der Waals surface area contributed by atoms with E-state index in [0.29, 0.717) is 10.7 Å². The molecule has 0 aliphatic heterocycles. The Balaban J connectivity index is 1.49. The minimum Gasteiger partial charge on any atom is -0.346 e. The van der Waals surface area contributed by atoms with Crippen molar-refractivity contribution in [2.75, 3.05) is 0 Å². The minimum atomic E-state index is -0.674. The van der Waals surface area contributed by atoms with Gasteiger partial charge in [-0.2, -0.15) is 0 Å². The highest BCUT2D eigenvalue weighted by Gasteiger charge is 2.27. The summed E-state index contributed by atoms with van der Waals surface area (Å²) in [6.07, 6.45) is 5.59. The lowest BCUT2D eigenvalue weighted by Gasteiger charge is -2.23. The Hall–Kier alpha value is -3.19. The van der Waals surface area contributed by atoms with E-state index in [4.69, 9.17) is 11.6 Å². The monoisotopic (exact) mass is 394 g/mol. The van der Waals surface area contributed by atoms with Crippen LogP contribution in [0.3, 0.4) is 0 Å². The number of nitrogens with zero attached hydrogens (tertiary/aromatic N) is 4. The number of H-pyrrole nitrogens is 1. The second kappa shape index (κ2) is 7.09. The molecule has 7 nitrogen and oxygen atoms in total. The third kappa shape index (κ3) is 3.61. The number of amides is 1. The van der Waals surface area contributed by atoms with E-state index in [-0.39, 0.29) is 12.3 Å². The van der Waals surface area contributed by atoms with Crippen LogP contribution in [0.1, 0.15) is 25.1 Å². The number of carbonyl (C=O) groups excluding carboxylic acids is 1. The van der Waals surface area contributed by atoms with Crippen LogP contribution < -0.4 is 5.32 Å². The maximum atomic E-state index is 12.6. The lowest BCUT2D eigenvalue weighted by atomic mass is 10.0. The summed E-state index contributed by atoms with van der Waals surface area (Å²) < 4.78 is 1.66. The highest BCUT2D eigenvalue weighted by molar-refractivity contribution is 6.30. The standard InChI is InChI=1S/C20H19ClN6O/c1-20(2,17-12-27(26-25-17)15-7-5-14(21)6-8-15)24-18(28)10-13-11-23-19-16(13)4-3-9-22-19/h3-9,11-12H,10H2,1-2H3,(H,22,23)(H,24,28). The van der Waals surface area contributed by atoms with Gasteiger partial charge >= 0.3 is 0 Å². The molecule has 4 aromatic rings. The molecule has 0 aliphatic rings. The fourth-order valence-electron chi connectivity index (χ4n) is 3.06. The number of nitrogens with one attached hydrogen (secondary N) is 2. The predicted octanol–water partition coefficient (Wildman–Crippen LogP) is 3.39. The van der Waals surface area contributed by atoms with Gasteiger partial charge in [0.25, 0.3) is 0 Å². The Bertz CT molecular complexity index is 1130. The largest absolute Gasteiger partial charge is 0.346 e. The quantitative estimate of drug-likeness (QED) is 0.543. The molecule has 3 aromatic heterocycles. The van der Waals surface area contributed by atoms with Crippen molar-refractivity contribution in [2.45, 2.75) is 25.8 Å². The normalized spacial score (nSPS) is 11.7. The van der Waals surface area contributed by atoms with Crippen molar-refractivity contribution in [1.29, 1.82) is 0 Å². The van der Waals surface area contributed by atoms with Gasteiger partial charge in [-0.15, -0.1) is 5.10 Å². The molecular formula is C20H19ClN6O. The topological polar surface area (TPSA) is 88.5 Å². The van der Waals surface area contributed by atoms with Crippen molar-refractivity contribution in [2.24, 2.45) is 0 Å². The summed E-state index contributed by atoms with van der Waals surface area (Å²) in [4.78, 5) is 20.0. The van der Waals surface area contributed by atoms with Gasteiger partial charge in [0.1, 0.15) is 11.3 Å². The van der Waals surface area contributed by atoms with E-state index in [9.17, 15) is 4.79 Å². The molecular weight excluding hydrogens is 376 g/mol. The summed E-state index contributed by atoms with van der Waals surface area (Å²) in [5.41, 5.74) is 2.51. The molecule has 0 spiro atoms. The Morgan fingerprint density at radius 3 is 2.82 bits per heavy atom. The van der Waals surface area contributed by atoms with Gasteiger partial charge in [-0.25, -0.2) is 9.67 Å². The molecule has 3 heterocycles. The van der Waals surface area contributed by atoms with E-state index < -0.39 is 5.54 Å². The molecule has 4 rings (SSSR count). The number of fused-ring (bicyclic) bond motifs is 1. The van der Waals surface area contributed by atoms with Crippen LogP contribution in [0.15, 0.2) is 55.0 Å². The van der Waals surface area contributed by atoms with Crippen LogP contribution in [0, 0.1) is 0 Å². The lowest BCUT2D eigenvalue weighted by molar-refractivity contribution is -0.122. The van der Waals surface area contributed by atoms with E-state index in [1.165, 1.54) is 0 Å². The molecule has 28 heavy (non-hydrogen) atoms. The Morgan fingerprint density at radius 1 is 1.25 bits per heavy atom. The molecule has 0 aliphatic carbocycles. The lowest BCUT2D eigenvalue weighted by Crippen LogP contribution is -2.42. The first-order chi connectivity index (χ1) is 13.4. The summed E-state index contributed by atoms with van der Waals surface area (Å²) in [5.74, 6) is -0.101. The number of aromatic nitrogens is 5. The van der Waals surface area contributed by atoms with E-state index >= 15 is 0 Å². The van der Waals surface area contributed by atoms with Crippen LogP contribution in [0.4, 0.5) is 0 Å². The van der Waals surface area contributed by atoms with Crippen molar-refractivity contribution in [1.82, 2.24) is 30.3 Å². The van der Waals surface area contributed by atoms with E-state index in [1.54, 1.807) is 29.2 Å². The summed E-state index contributed by atoms with van der Waals surface area (Å²) in [6, 6.07) is 11.1. The van der Waals surface area contributed by atoms with Gasteiger partial charge in [0, 0.05) is 22.8 Å². The molecule has 1 aromatic carbocycles. The molecule has 0 fully saturated rings. The van der Waals surface area contributed by atoms with Crippen LogP contribution in [-0.2, 0) is 16.8 Å². The summed E-state index contributed by atoms with van der Waals surface area (Å²) in [5, 5.41) is 13.0. The zero-order valence-corrected chi connectivity index (χ0v) is 16.2. The van der Waals surface area contributed by atoms with Crippen LogP contribution in [0.2, 0.25) is 5.02 Å². The van der Waals surface area contributed by atoms with Gasteiger partial charge < -0.3 is 10.3 Å². The second-order valence-corrected chi connectivity index (χ2v) is 7.52. The zero-order chi connectivity index (χ0) is 19.7. The van der Waals surface area contributed by atoms with Crippen molar-refractivity contribution in [3.05, 3.63) is 71.3 Å². The van der Waals surface area contributed by atoms with Gasteiger partial charge in [-0.1, -0.05) is 16.8 Å². The smallest absolute Gasteiger partial charge is 0.225 e. The van der Waals surface area contributed by atoms with Crippen LogP contribution in [-0.4, -0.2) is 30.9 Å². The number of benzene rings is 1. The van der Waals surface area contributed by atoms with Gasteiger partial charge in [0.05, 0.1) is 23.8 Å². The van der Waals surface area contributed by atoms with Crippen LogP contribution >= 0.6 is 11.6 Å². The first-order valence-electron chi connectivity index (χ1n) is 8.83. The molecule has 0 atom stereocenters. The number of hydrogen-bond acceptors (Lipinski definition) is 4. The third-order valence-electron chi connectivity index (χ3n) is 4.56. The fraction of sp³-hybridized carbons (Fsp3) is 0.200. The van der Waals surface area contributed by atoms with E-state index in [1.807, 2.05) is 44.3 Å². The molecule has 0 radical (unpaired) electrons. The summed E-state index contributed by atoms with van der Waals surface area (Å²) in [7, 11) is 0. The first kappa shape index (κ1) is 18.2. The van der Waals surface area contributed by atoms with Gasteiger partial charge in [0.2, 0.25) is 5.91 Å². The maximum Gasteiger partial charge on any atom is 0.225 e. The second-order valence-electron chi connectivity index (χ2n) is 7.09. The number of aromatic amines is 1. The Morgan fingerprint density at radius 2 is 2.04 bits per heavy atom. The number of hydrogen-bond donors (Lipinski definition) is 2. The summed E-state index contributed by atoms with van der Waals surface area (Å²) >= 11 is 5.93. The van der Waals surface area contributed by atoms with Crippen molar-refractivity contribution in [3.63, 3.8) is 0 Å². The van der Waals surface area contributed by atoms with Gasteiger partial charge in [-0.05, 0) is 55.8 Å². The zero-order valence-electron chi connectivity index (χ0n) is 15.5. The molecule has 0 unspecified atom stereocenters. The van der Waals surface area contributed by atoms with Gasteiger partial charge in [0.15, 0.2) is 0 Å². The molecule has 0 bridgehead atoms. The van der Waals surface area contributed by atoms with Crippen LogP contribution in [0.5, 0.6) is 0 Å². The maximum absolute atomic E-state index is 12.6. The Labute approximate surface area is 166 Å². The Kier molecular flexibility index (Phi) is 4.60. The summed E-state index contributed by atoms with van der Waals surface area (Å²) in [6.45, 7) is 3.80. The molecule has 2 N–H and O–H groups in total. The highest BCUT2D eigenvalue weighted by Crippen LogP contribution is 2.21. The SMILES string of the molecule is CC(C)(NC(=O)Cc1c[nH]c2ncccc12)c1cn(-c2ccc(Cl)cc2)nn1. The number of carbonyl (C=O) groups is 1. The van der Waals surface area contributed by atoms with Crippen LogP contribution in [0.25, 0.3) is 16.7 Å². The van der Waals surface area contributed by atoms with E-state index in [2.05, 4.69) is 25.6 Å². The van der Waals surface area contributed by atoms with E-state index in [0.717, 1.165) is 22.3 Å².